The van der Waals surface area contributed by atoms with Gasteiger partial charge < -0.3 is 14.8 Å². The maximum atomic E-state index is 12.8. The van der Waals surface area contributed by atoms with Crippen LogP contribution >= 0.6 is 11.6 Å². The number of carbonyl (C=O) groups is 1. The fraction of sp³-hybridized carbons (Fsp3) is 0.409. The smallest absolute Gasteiger partial charge is 0.261 e. The predicted molar refractivity (Wildman–Crippen MR) is 108 cm³/mol. The molecule has 27 heavy (non-hydrogen) atoms. The van der Waals surface area contributed by atoms with Gasteiger partial charge in [-0.15, -0.1) is 0 Å². The van der Waals surface area contributed by atoms with Gasteiger partial charge in [-0.1, -0.05) is 29.3 Å². The molecule has 144 valence electrons. The van der Waals surface area contributed by atoms with E-state index in [-0.39, 0.29) is 17.6 Å². The summed E-state index contributed by atoms with van der Waals surface area (Å²) in [6.07, 6.45) is 0.0758. The van der Waals surface area contributed by atoms with E-state index in [9.17, 15) is 4.79 Å². The van der Waals surface area contributed by atoms with Crippen LogP contribution in [-0.2, 0) is 4.79 Å². The van der Waals surface area contributed by atoms with Crippen molar-refractivity contribution in [2.24, 2.45) is 0 Å². The Hall–Kier alpha value is -2.20. The number of nitrogens with one attached hydrogen (secondary N) is 1. The highest BCUT2D eigenvalue weighted by Gasteiger charge is 2.35. The van der Waals surface area contributed by atoms with E-state index in [1.165, 1.54) is 0 Å². The number of hydrogen-bond acceptors (Lipinski definition) is 3. The molecule has 0 spiro atoms. The summed E-state index contributed by atoms with van der Waals surface area (Å²) >= 11 is 6.05. The quantitative estimate of drug-likeness (QED) is 0.789. The van der Waals surface area contributed by atoms with Gasteiger partial charge in [-0.3, -0.25) is 4.79 Å². The van der Waals surface area contributed by atoms with Crippen molar-refractivity contribution in [2.45, 2.75) is 58.8 Å². The Morgan fingerprint density at radius 3 is 2.70 bits per heavy atom. The first kappa shape index (κ1) is 19.6. The summed E-state index contributed by atoms with van der Waals surface area (Å²) in [6, 6.07) is 11.3. The number of fused-ring (bicyclic) bond motifs is 1. The highest BCUT2D eigenvalue weighted by molar-refractivity contribution is 6.31. The molecule has 1 aliphatic rings. The van der Waals surface area contributed by atoms with Crippen molar-refractivity contribution in [1.29, 1.82) is 0 Å². The van der Waals surface area contributed by atoms with Crippen LogP contribution in [0.1, 0.15) is 49.9 Å². The third-order valence-corrected chi connectivity index (χ3v) is 5.17. The highest BCUT2D eigenvalue weighted by Crippen LogP contribution is 2.39. The molecule has 0 aromatic heterocycles. The summed E-state index contributed by atoms with van der Waals surface area (Å²) in [4.78, 5) is 12.8. The number of hydrogen-bond donors (Lipinski definition) is 1. The zero-order chi connectivity index (χ0) is 19.8. The van der Waals surface area contributed by atoms with Crippen LogP contribution < -0.4 is 14.8 Å². The standard InChI is InChI=1S/C22H26ClNO3/c1-13-6-9-20-17(10-13)19(12-22(4,5)27-20)24-21(25)15(3)26-16-7-8-18(23)14(2)11-16/h6-11,15,19H,12H2,1-5H3,(H,24,25). The number of rotatable bonds is 4. The minimum atomic E-state index is -0.621. The Morgan fingerprint density at radius 2 is 2.00 bits per heavy atom. The molecule has 2 aromatic rings. The molecule has 0 aliphatic carbocycles. The molecule has 0 saturated carbocycles. The van der Waals surface area contributed by atoms with Crippen LogP contribution in [0.3, 0.4) is 0 Å². The molecule has 1 heterocycles. The lowest BCUT2D eigenvalue weighted by Crippen LogP contribution is -2.44. The van der Waals surface area contributed by atoms with Crippen LogP contribution in [0.5, 0.6) is 11.5 Å². The highest BCUT2D eigenvalue weighted by atomic mass is 35.5. The lowest BCUT2D eigenvalue weighted by atomic mass is 9.89. The van der Waals surface area contributed by atoms with Gasteiger partial charge in [0.25, 0.3) is 5.91 Å². The fourth-order valence-electron chi connectivity index (χ4n) is 3.34. The van der Waals surface area contributed by atoms with Crippen LogP contribution in [0.2, 0.25) is 5.02 Å². The van der Waals surface area contributed by atoms with E-state index in [1.54, 1.807) is 19.1 Å². The van der Waals surface area contributed by atoms with Gasteiger partial charge in [0.2, 0.25) is 0 Å². The second-order valence-corrected chi connectivity index (χ2v) is 8.25. The normalized spacial score (nSPS) is 18.8. The molecule has 3 rings (SSSR count). The SMILES string of the molecule is Cc1ccc2c(c1)C(NC(=O)C(C)Oc1ccc(Cl)c(C)c1)CC(C)(C)O2. The topological polar surface area (TPSA) is 47.6 Å². The van der Waals surface area contributed by atoms with E-state index >= 15 is 0 Å². The van der Waals surface area contributed by atoms with Gasteiger partial charge in [0.15, 0.2) is 6.10 Å². The van der Waals surface area contributed by atoms with Gasteiger partial charge in [-0.05, 0) is 64.4 Å². The number of ether oxygens (including phenoxy) is 2. The average molecular weight is 388 g/mol. The first-order valence-electron chi connectivity index (χ1n) is 9.17. The molecule has 0 radical (unpaired) electrons. The van der Waals surface area contributed by atoms with Crippen molar-refractivity contribution in [1.82, 2.24) is 5.32 Å². The number of benzene rings is 2. The monoisotopic (exact) mass is 387 g/mol. The zero-order valence-corrected chi connectivity index (χ0v) is 17.2. The largest absolute Gasteiger partial charge is 0.487 e. The fourth-order valence-corrected chi connectivity index (χ4v) is 3.46. The van der Waals surface area contributed by atoms with E-state index in [4.69, 9.17) is 21.1 Å². The van der Waals surface area contributed by atoms with Gasteiger partial charge in [-0.25, -0.2) is 0 Å². The molecule has 0 fully saturated rings. The summed E-state index contributed by atoms with van der Waals surface area (Å²) in [5, 5.41) is 3.81. The van der Waals surface area contributed by atoms with Crippen molar-refractivity contribution >= 4 is 17.5 Å². The van der Waals surface area contributed by atoms with Crippen LogP contribution in [0, 0.1) is 13.8 Å². The predicted octanol–water partition coefficient (Wildman–Crippen LogP) is 5.14. The summed E-state index contributed by atoms with van der Waals surface area (Å²) in [7, 11) is 0. The van der Waals surface area contributed by atoms with Crippen molar-refractivity contribution in [2.75, 3.05) is 0 Å². The number of aryl methyl sites for hydroxylation is 2. The molecular formula is C22H26ClNO3. The maximum Gasteiger partial charge on any atom is 0.261 e. The third kappa shape index (κ3) is 4.56. The molecule has 5 heteroatoms. The second kappa shape index (κ2) is 7.43. The van der Waals surface area contributed by atoms with Gasteiger partial charge in [0.1, 0.15) is 17.1 Å². The average Bonchev–Trinajstić information content (AvgIpc) is 2.58. The molecular weight excluding hydrogens is 362 g/mol. The van der Waals surface area contributed by atoms with Crippen molar-refractivity contribution in [3.05, 3.63) is 58.1 Å². The molecule has 1 N–H and O–H groups in total. The summed E-state index contributed by atoms with van der Waals surface area (Å²) in [6.45, 7) is 9.76. The van der Waals surface area contributed by atoms with Gasteiger partial charge >= 0.3 is 0 Å². The molecule has 2 atom stereocenters. The van der Waals surface area contributed by atoms with Crippen LogP contribution in [0.25, 0.3) is 0 Å². The van der Waals surface area contributed by atoms with Crippen LogP contribution in [-0.4, -0.2) is 17.6 Å². The second-order valence-electron chi connectivity index (χ2n) is 7.84. The van der Waals surface area contributed by atoms with E-state index in [2.05, 4.69) is 11.4 Å². The maximum absolute atomic E-state index is 12.8. The molecule has 0 saturated heterocycles. The Labute approximate surface area is 165 Å². The Morgan fingerprint density at radius 1 is 1.26 bits per heavy atom. The number of carbonyl (C=O) groups excluding carboxylic acids is 1. The number of amides is 1. The summed E-state index contributed by atoms with van der Waals surface area (Å²) in [5.74, 6) is 1.30. The van der Waals surface area contributed by atoms with Gasteiger partial charge in [-0.2, -0.15) is 0 Å². The lowest BCUT2D eigenvalue weighted by molar-refractivity contribution is -0.128. The molecule has 0 bridgehead atoms. The molecule has 1 aliphatic heterocycles. The Bertz CT molecular complexity index is 863. The van der Waals surface area contributed by atoms with E-state index in [1.807, 2.05) is 45.9 Å². The summed E-state index contributed by atoms with van der Waals surface area (Å²) < 4.78 is 11.9. The third-order valence-electron chi connectivity index (χ3n) is 4.75. The number of halogens is 1. The van der Waals surface area contributed by atoms with E-state index < -0.39 is 6.10 Å². The first-order valence-corrected chi connectivity index (χ1v) is 9.55. The minimum Gasteiger partial charge on any atom is -0.487 e. The van der Waals surface area contributed by atoms with Crippen LogP contribution in [0.4, 0.5) is 0 Å². The first-order chi connectivity index (χ1) is 12.6. The Kier molecular flexibility index (Phi) is 5.38. The van der Waals surface area contributed by atoms with Crippen molar-refractivity contribution in [3.63, 3.8) is 0 Å². The van der Waals surface area contributed by atoms with E-state index in [0.29, 0.717) is 17.2 Å². The lowest BCUT2D eigenvalue weighted by Gasteiger charge is -2.38. The van der Waals surface area contributed by atoms with Crippen LogP contribution in [0.15, 0.2) is 36.4 Å². The molecule has 4 nitrogen and oxygen atoms in total. The zero-order valence-electron chi connectivity index (χ0n) is 16.4. The van der Waals surface area contributed by atoms with Gasteiger partial charge in [0, 0.05) is 17.0 Å². The van der Waals surface area contributed by atoms with E-state index in [0.717, 1.165) is 22.4 Å². The Balaban J connectivity index is 1.74. The summed E-state index contributed by atoms with van der Waals surface area (Å²) in [5.41, 5.74) is 2.71. The minimum absolute atomic E-state index is 0.117. The van der Waals surface area contributed by atoms with Crippen molar-refractivity contribution in [3.8, 4) is 11.5 Å². The molecule has 2 unspecified atom stereocenters. The van der Waals surface area contributed by atoms with Crippen molar-refractivity contribution < 1.29 is 14.3 Å². The molecule has 1 amide bonds. The van der Waals surface area contributed by atoms with Gasteiger partial charge in [0.05, 0.1) is 6.04 Å². The molecule has 2 aromatic carbocycles.